The first-order chi connectivity index (χ1) is 7.20. The van der Waals surface area contributed by atoms with Gasteiger partial charge in [0.2, 0.25) is 0 Å². The third-order valence-electron chi connectivity index (χ3n) is 2.40. The summed E-state index contributed by atoms with van der Waals surface area (Å²) in [4.78, 5) is 11.8. The van der Waals surface area contributed by atoms with E-state index in [4.69, 9.17) is 0 Å². The molecule has 0 aliphatic carbocycles. The summed E-state index contributed by atoms with van der Waals surface area (Å²) in [6.45, 7) is 4.19. The Balaban J connectivity index is 2.49. The summed E-state index contributed by atoms with van der Waals surface area (Å²) in [5.74, 6) is 0. The number of aldehydes is 1. The van der Waals surface area contributed by atoms with Crippen LogP contribution in [0.25, 0.3) is 10.4 Å². The molecular weight excluding hydrogens is 204 g/mol. The maximum Gasteiger partial charge on any atom is 0.150 e. The van der Waals surface area contributed by atoms with Gasteiger partial charge in [0.1, 0.15) is 0 Å². The van der Waals surface area contributed by atoms with Gasteiger partial charge in [-0.15, -0.1) is 11.3 Å². The lowest BCUT2D eigenvalue weighted by Gasteiger charge is -2.03. The summed E-state index contributed by atoms with van der Waals surface area (Å²) in [6, 6.07) is 8.32. The molecule has 2 aromatic rings. The highest BCUT2D eigenvalue weighted by molar-refractivity contribution is 7.13. The van der Waals surface area contributed by atoms with Gasteiger partial charge < -0.3 is 0 Å². The molecule has 0 amide bonds. The second-order valence-electron chi connectivity index (χ2n) is 3.68. The molecule has 0 bridgehead atoms. The van der Waals surface area contributed by atoms with Gasteiger partial charge in [-0.05, 0) is 31.0 Å². The van der Waals surface area contributed by atoms with Crippen LogP contribution in [0.5, 0.6) is 0 Å². The van der Waals surface area contributed by atoms with Gasteiger partial charge in [0.15, 0.2) is 6.29 Å². The van der Waals surface area contributed by atoms with Crippen molar-refractivity contribution in [2.45, 2.75) is 13.8 Å². The van der Waals surface area contributed by atoms with Crippen LogP contribution in [0.1, 0.15) is 21.5 Å². The molecule has 1 aromatic carbocycles. The highest BCUT2D eigenvalue weighted by Gasteiger charge is 2.04. The fourth-order valence-electron chi connectivity index (χ4n) is 1.64. The molecule has 0 aliphatic heterocycles. The van der Waals surface area contributed by atoms with E-state index in [1.165, 1.54) is 16.7 Å². The largest absolute Gasteiger partial charge is 0.298 e. The number of hydrogen-bond donors (Lipinski definition) is 0. The van der Waals surface area contributed by atoms with Crippen molar-refractivity contribution in [3.8, 4) is 10.4 Å². The van der Waals surface area contributed by atoms with Crippen LogP contribution in [0.15, 0.2) is 29.6 Å². The number of thiophene rings is 1. The van der Waals surface area contributed by atoms with Crippen molar-refractivity contribution in [3.63, 3.8) is 0 Å². The van der Waals surface area contributed by atoms with E-state index in [1.54, 1.807) is 11.3 Å². The number of carbonyl (C=O) groups excluding carboxylic acids is 1. The zero-order valence-corrected chi connectivity index (χ0v) is 9.60. The monoisotopic (exact) mass is 216 g/mol. The second kappa shape index (κ2) is 3.99. The van der Waals surface area contributed by atoms with Gasteiger partial charge >= 0.3 is 0 Å². The Morgan fingerprint density at radius 3 is 2.60 bits per heavy atom. The number of benzene rings is 1. The zero-order valence-electron chi connectivity index (χ0n) is 8.78. The molecule has 15 heavy (non-hydrogen) atoms. The maximum atomic E-state index is 10.6. The van der Waals surface area contributed by atoms with Crippen molar-refractivity contribution in [2.24, 2.45) is 0 Å². The van der Waals surface area contributed by atoms with Crippen molar-refractivity contribution >= 4 is 17.6 Å². The molecule has 0 unspecified atom stereocenters. The quantitative estimate of drug-likeness (QED) is 0.697. The van der Waals surface area contributed by atoms with Gasteiger partial charge in [0, 0.05) is 15.8 Å². The van der Waals surface area contributed by atoms with Gasteiger partial charge in [-0.2, -0.15) is 0 Å². The molecule has 0 radical (unpaired) electrons. The molecule has 0 saturated heterocycles. The average Bonchev–Trinajstić information content (AvgIpc) is 2.66. The van der Waals surface area contributed by atoms with Crippen LogP contribution in [0.4, 0.5) is 0 Å². The minimum absolute atomic E-state index is 0.759. The molecule has 2 heteroatoms. The van der Waals surface area contributed by atoms with Crippen LogP contribution in [0.3, 0.4) is 0 Å². The van der Waals surface area contributed by atoms with E-state index in [2.05, 4.69) is 32.0 Å². The summed E-state index contributed by atoms with van der Waals surface area (Å²) < 4.78 is 0. The standard InChI is InChI=1S/C13H12OS/c1-9-3-4-12(10(2)5-9)13-6-11(7-14)8-15-13/h3-8H,1-2H3. The number of carbonyl (C=O) groups is 1. The Morgan fingerprint density at radius 1 is 1.20 bits per heavy atom. The first-order valence-electron chi connectivity index (χ1n) is 4.82. The maximum absolute atomic E-state index is 10.6. The minimum atomic E-state index is 0.759. The lowest BCUT2D eigenvalue weighted by atomic mass is 10.0. The van der Waals surface area contributed by atoms with Crippen LogP contribution in [-0.2, 0) is 0 Å². The molecular formula is C13H12OS. The molecule has 0 spiro atoms. The van der Waals surface area contributed by atoms with Gasteiger partial charge in [0.25, 0.3) is 0 Å². The lowest BCUT2D eigenvalue weighted by Crippen LogP contribution is -1.81. The van der Waals surface area contributed by atoms with E-state index < -0.39 is 0 Å². The van der Waals surface area contributed by atoms with Crippen molar-refractivity contribution in [1.29, 1.82) is 0 Å². The molecule has 0 saturated carbocycles. The zero-order chi connectivity index (χ0) is 10.8. The van der Waals surface area contributed by atoms with Gasteiger partial charge in [-0.25, -0.2) is 0 Å². The predicted octanol–water partition coefficient (Wildman–Crippen LogP) is 3.84. The first kappa shape index (κ1) is 10.1. The Labute approximate surface area is 93.4 Å². The summed E-state index contributed by atoms with van der Waals surface area (Å²) in [5, 5.41) is 1.89. The number of hydrogen-bond acceptors (Lipinski definition) is 2. The minimum Gasteiger partial charge on any atom is -0.298 e. The summed E-state index contributed by atoms with van der Waals surface area (Å²) in [5.41, 5.74) is 4.51. The van der Waals surface area contributed by atoms with Crippen molar-refractivity contribution in [1.82, 2.24) is 0 Å². The van der Waals surface area contributed by atoms with Crippen molar-refractivity contribution in [3.05, 3.63) is 46.3 Å². The fraction of sp³-hybridized carbons (Fsp3) is 0.154. The Morgan fingerprint density at radius 2 is 2.00 bits per heavy atom. The Bertz CT molecular complexity index is 497. The van der Waals surface area contributed by atoms with Crippen LogP contribution in [0, 0.1) is 13.8 Å². The fourth-order valence-corrected chi connectivity index (χ4v) is 2.59. The van der Waals surface area contributed by atoms with Crippen molar-refractivity contribution in [2.75, 3.05) is 0 Å². The molecule has 1 aromatic heterocycles. The van der Waals surface area contributed by atoms with Gasteiger partial charge in [-0.3, -0.25) is 4.79 Å². The highest BCUT2D eigenvalue weighted by atomic mass is 32.1. The normalized spacial score (nSPS) is 10.3. The molecule has 76 valence electrons. The predicted molar refractivity (Wildman–Crippen MR) is 64.6 cm³/mol. The number of aryl methyl sites for hydroxylation is 2. The van der Waals surface area contributed by atoms with Crippen molar-refractivity contribution < 1.29 is 4.79 Å². The van der Waals surface area contributed by atoms with E-state index >= 15 is 0 Å². The summed E-state index contributed by atoms with van der Waals surface area (Å²) in [7, 11) is 0. The third kappa shape index (κ3) is 2.00. The highest BCUT2D eigenvalue weighted by Crippen LogP contribution is 2.29. The molecule has 0 atom stereocenters. The third-order valence-corrected chi connectivity index (χ3v) is 3.38. The number of rotatable bonds is 2. The van der Waals surface area contributed by atoms with E-state index in [0.717, 1.165) is 16.7 Å². The molecule has 2 rings (SSSR count). The SMILES string of the molecule is Cc1ccc(-c2cc(C=O)cs2)c(C)c1. The topological polar surface area (TPSA) is 17.1 Å². The van der Waals surface area contributed by atoms with E-state index in [0.29, 0.717) is 0 Å². The van der Waals surface area contributed by atoms with Crippen LogP contribution >= 0.6 is 11.3 Å². The molecule has 0 aliphatic rings. The van der Waals surface area contributed by atoms with Gasteiger partial charge in [0.05, 0.1) is 0 Å². The second-order valence-corrected chi connectivity index (χ2v) is 4.59. The summed E-state index contributed by atoms with van der Waals surface area (Å²) in [6.07, 6.45) is 0.892. The molecule has 1 nitrogen and oxygen atoms in total. The molecule has 1 heterocycles. The lowest BCUT2D eigenvalue weighted by molar-refractivity contribution is 0.112. The van der Waals surface area contributed by atoms with E-state index in [1.807, 2.05) is 11.4 Å². The Hall–Kier alpha value is -1.41. The average molecular weight is 216 g/mol. The molecule has 0 N–H and O–H groups in total. The van der Waals surface area contributed by atoms with Crippen LogP contribution in [-0.4, -0.2) is 6.29 Å². The first-order valence-corrected chi connectivity index (χ1v) is 5.70. The molecule has 0 fully saturated rings. The smallest absolute Gasteiger partial charge is 0.150 e. The van der Waals surface area contributed by atoms with Crippen LogP contribution < -0.4 is 0 Å². The van der Waals surface area contributed by atoms with Crippen LogP contribution in [0.2, 0.25) is 0 Å². The summed E-state index contributed by atoms with van der Waals surface area (Å²) >= 11 is 1.62. The van der Waals surface area contributed by atoms with Gasteiger partial charge in [-0.1, -0.05) is 23.8 Å². The van der Waals surface area contributed by atoms with E-state index in [-0.39, 0.29) is 0 Å². The Kier molecular flexibility index (Phi) is 2.69. The van der Waals surface area contributed by atoms with E-state index in [9.17, 15) is 4.79 Å².